The molecule has 0 aromatic heterocycles. The smallest absolute Gasteiger partial charge is 0.339 e. The van der Waals surface area contributed by atoms with Crippen LogP contribution >= 0.6 is 0 Å². The number of carbonyl (C=O) groups excluding carboxylic acids is 2. The summed E-state index contributed by atoms with van der Waals surface area (Å²) in [5, 5.41) is 0. The molecule has 30 heavy (non-hydrogen) atoms. The lowest BCUT2D eigenvalue weighted by Gasteiger charge is -2.38. The molecule has 1 saturated heterocycles. The minimum Gasteiger partial charge on any atom is -0.465 e. The molecule has 7 nitrogen and oxygen atoms in total. The number of methoxy groups -OCH3 is 1. The molecule has 0 atom stereocenters. The molecule has 1 aliphatic carbocycles. The van der Waals surface area contributed by atoms with E-state index in [2.05, 4.69) is 13.8 Å². The number of carbonyl (C=O) groups is 2. The van der Waals surface area contributed by atoms with Crippen molar-refractivity contribution < 1.29 is 22.7 Å². The molecule has 0 bridgehead atoms. The molecule has 1 saturated carbocycles. The minimum atomic E-state index is -3.84. The monoisotopic (exact) mass is 436 g/mol. The maximum Gasteiger partial charge on any atom is 0.339 e. The summed E-state index contributed by atoms with van der Waals surface area (Å²) < 4.78 is 32.5. The fourth-order valence-electron chi connectivity index (χ4n) is 4.70. The van der Waals surface area contributed by atoms with Gasteiger partial charge in [0.25, 0.3) is 0 Å². The van der Waals surface area contributed by atoms with Gasteiger partial charge in [-0.05, 0) is 51.7 Å². The Morgan fingerprint density at radius 1 is 1.07 bits per heavy atom. The molecule has 0 unspecified atom stereocenters. The van der Waals surface area contributed by atoms with Gasteiger partial charge < -0.3 is 9.64 Å². The van der Waals surface area contributed by atoms with Crippen LogP contribution in [0, 0.1) is 5.92 Å². The Morgan fingerprint density at radius 2 is 1.67 bits per heavy atom. The number of ether oxygens (including phenoxy) is 1. The molecule has 0 spiro atoms. The number of piperidine rings is 1. The van der Waals surface area contributed by atoms with Crippen LogP contribution in [-0.4, -0.2) is 61.8 Å². The maximum absolute atomic E-state index is 13.2. The summed E-state index contributed by atoms with van der Waals surface area (Å²) in [5.74, 6) is -0.678. The van der Waals surface area contributed by atoms with Crippen LogP contribution in [0.2, 0.25) is 0 Å². The second-order valence-corrected chi connectivity index (χ2v) is 10.3. The van der Waals surface area contributed by atoms with Crippen molar-refractivity contribution in [2.45, 2.75) is 69.4 Å². The number of esters is 1. The average molecular weight is 437 g/mol. The van der Waals surface area contributed by atoms with Gasteiger partial charge in [0.2, 0.25) is 15.9 Å². The minimum absolute atomic E-state index is 0.0328. The number of rotatable bonds is 6. The number of hydrogen-bond donors (Lipinski definition) is 0. The highest BCUT2D eigenvalue weighted by atomic mass is 32.2. The Kier molecular flexibility index (Phi) is 7.18. The number of hydrogen-bond acceptors (Lipinski definition) is 5. The van der Waals surface area contributed by atoms with Gasteiger partial charge >= 0.3 is 5.97 Å². The molecular formula is C22H32N2O5S. The lowest BCUT2D eigenvalue weighted by Crippen LogP contribution is -2.49. The number of amides is 1. The zero-order chi connectivity index (χ0) is 21.9. The van der Waals surface area contributed by atoms with Gasteiger partial charge in [0.1, 0.15) is 0 Å². The summed E-state index contributed by atoms with van der Waals surface area (Å²) in [6.07, 6.45) is 5.43. The lowest BCUT2D eigenvalue weighted by atomic mass is 9.95. The molecule has 1 aromatic rings. The molecule has 8 heteroatoms. The van der Waals surface area contributed by atoms with Crippen molar-refractivity contribution in [3.05, 3.63) is 29.8 Å². The highest BCUT2D eigenvalue weighted by Crippen LogP contribution is 2.31. The van der Waals surface area contributed by atoms with Crippen LogP contribution in [0.3, 0.4) is 0 Å². The van der Waals surface area contributed by atoms with E-state index < -0.39 is 16.0 Å². The van der Waals surface area contributed by atoms with Crippen LogP contribution in [0.4, 0.5) is 0 Å². The molecule has 1 aliphatic heterocycles. The largest absolute Gasteiger partial charge is 0.465 e. The summed E-state index contributed by atoms with van der Waals surface area (Å²) in [6, 6.07) is 6.55. The SMILES string of the molecule is COC(=O)c1ccccc1S(=O)(=O)N1CCC(C(=O)N(C(C)C)C2CCCC2)CC1. The standard InChI is InChI=1S/C22H32N2O5S/c1-16(2)24(18-8-4-5-9-18)21(25)17-12-14-23(15-13-17)30(27,28)20-11-7-6-10-19(20)22(26)29-3/h6-7,10-11,16-18H,4-5,8-9,12-15H2,1-3H3. The second-order valence-electron chi connectivity index (χ2n) is 8.44. The Bertz CT molecular complexity index is 869. The molecule has 2 aliphatic rings. The normalized spacial score (nSPS) is 19.2. The molecule has 0 radical (unpaired) electrons. The van der Waals surface area contributed by atoms with Crippen molar-refractivity contribution in [2.24, 2.45) is 5.92 Å². The van der Waals surface area contributed by atoms with Crippen molar-refractivity contribution in [1.82, 2.24) is 9.21 Å². The van der Waals surface area contributed by atoms with Gasteiger partial charge in [0.05, 0.1) is 17.6 Å². The first-order chi connectivity index (χ1) is 14.3. The van der Waals surface area contributed by atoms with Gasteiger partial charge in [-0.15, -0.1) is 0 Å². The van der Waals surface area contributed by atoms with E-state index in [1.54, 1.807) is 12.1 Å². The average Bonchev–Trinajstić information content (AvgIpc) is 3.27. The van der Waals surface area contributed by atoms with E-state index >= 15 is 0 Å². The predicted octanol–water partition coefficient (Wildman–Crippen LogP) is 3.05. The molecule has 1 aromatic carbocycles. The Labute approximate surface area is 179 Å². The zero-order valence-corrected chi connectivity index (χ0v) is 18.9. The van der Waals surface area contributed by atoms with Crippen LogP contribution in [0.15, 0.2) is 29.2 Å². The predicted molar refractivity (Wildman–Crippen MR) is 114 cm³/mol. The van der Waals surface area contributed by atoms with Gasteiger partial charge in [0, 0.05) is 31.1 Å². The van der Waals surface area contributed by atoms with E-state index in [4.69, 9.17) is 4.74 Å². The first-order valence-corrected chi connectivity index (χ1v) is 12.2. The second kappa shape index (κ2) is 9.47. The summed E-state index contributed by atoms with van der Waals surface area (Å²) in [4.78, 5) is 27.2. The van der Waals surface area contributed by atoms with E-state index in [0.29, 0.717) is 18.9 Å². The Morgan fingerprint density at radius 3 is 2.23 bits per heavy atom. The summed E-state index contributed by atoms with van der Waals surface area (Å²) >= 11 is 0. The third kappa shape index (κ3) is 4.54. The highest BCUT2D eigenvalue weighted by Gasteiger charge is 2.38. The van der Waals surface area contributed by atoms with Crippen molar-refractivity contribution >= 4 is 21.9 Å². The molecule has 1 heterocycles. The van der Waals surface area contributed by atoms with Crippen molar-refractivity contribution in [2.75, 3.05) is 20.2 Å². The molecule has 0 N–H and O–H groups in total. The van der Waals surface area contributed by atoms with E-state index in [0.717, 1.165) is 25.7 Å². The van der Waals surface area contributed by atoms with E-state index in [1.807, 2.05) is 4.90 Å². The number of benzene rings is 1. The van der Waals surface area contributed by atoms with Crippen LogP contribution in [0.1, 0.15) is 62.7 Å². The summed E-state index contributed by atoms with van der Waals surface area (Å²) in [6.45, 7) is 4.65. The first kappa shape index (κ1) is 22.7. The molecule has 2 fully saturated rings. The summed E-state index contributed by atoms with van der Waals surface area (Å²) in [7, 11) is -2.61. The molecule has 1 amide bonds. The summed E-state index contributed by atoms with van der Waals surface area (Å²) in [5.41, 5.74) is 0.0328. The molecular weight excluding hydrogens is 404 g/mol. The van der Waals surface area contributed by atoms with E-state index in [9.17, 15) is 18.0 Å². The first-order valence-electron chi connectivity index (χ1n) is 10.8. The fourth-order valence-corrected chi connectivity index (χ4v) is 6.35. The zero-order valence-electron chi connectivity index (χ0n) is 18.0. The molecule has 166 valence electrons. The van der Waals surface area contributed by atoms with Gasteiger partial charge in [-0.2, -0.15) is 4.31 Å². The fraction of sp³-hybridized carbons (Fsp3) is 0.636. The Hall–Kier alpha value is -1.93. The third-order valence-electron chi connectivity index (χ3n) is 6.24. The quantitative estimate of drug-likeness (QED) is 0.640. The van der Waals surface area contributed by atoms with Crippen LogP contribution < -0.4 is 0 Å². The topological polar surface area (TPSA) is 84.0 Å². The highest BCUT2D eigenvalue weighted by molar-refractivity contribution is 7.89. The van der Waals surface area contributed by atoms with Gasteiger partial charge in [0.15, 0.2) is 0 Å². The Balaban J connectivity index is 1.72. The molecule has 3 rings (SSSR count). The van der Waals surface area contributed by atoms with Crippen LogP contribution in [0.25, 0.3) is 0 Å². The van der Waals surface area contributed by atoms with Crippen LogP contribution in [-0.2, 0) is 19.6 Å². The van der Waals surface area contributed by atoms with Crippen molar-refractivity contribution in [3.63, 3.8) is 0 Å². The number of sulfonamides is 1. The number of nitrogens with zero attached hydrogens (tertiary/aromatic N) is 2. The third-order valence-corrected chi connectivity index (χ3v) is 8.20. The maximum atomic E-state index is 13.2. The van der Waals surface area contributed by atoms with Crippen molar-refractivity contribution in [1.29, 1.82) is 0 Å². The van der Waals surface area contributed by atoms with Gasteiger partial charge in [-0.1, -0.05) is 25.0 Å². The van der Waals surface area contributed by atoms with Crippen LogP contribution in [0.5, 0.6) is 0 Å². The van der Waals surface area contributed by atoms with Gasteiger partial charge in [-0.3, -0.25) is 4.79 Å². The lowest BCUT2D eigenvalue weighted by molar-refractivity contribution is -0.141. The van der Waals surface area contributed by atoms with Crippen molar-refractivity contribution in [3.8, 4) is 0 Å². The van der Waals surface area contributed by atoms with E-state index in [-0.39, 0.29) is 41.4 Å². The van der Waals surface area contributed by atoms with Gasteiger partial charge in [-0.25, -0.2) is 13.2 Å². The van der Waals surface area contributed by atoms with E-state index in [1.165, 1.54) is 23.5 Å².